The molecule has 1 atom stereocenters. The standard InChI is InChI=1S/C17H27NO2/c1-14(16(19)18(4)13-17(2,3)20)9-8-12-15-10-6-5-7-11-15/h5-7,10-11,14,20H,8-9,12-13H2,1-4H3. The maximum absolute atomic E-state index is 12.2. The molecule has 3 nitrogen and oxygen atoms in total. The van der Waals surface area contributed by atoms with Gasteiger partial charge in [-0.15, -0.1) is 0 Å². The molecular formula is C17H27NO2. The lowest BCUT2D eigenvalue weighted by molar-refractivity contribution is -0.136. The highest BCUT2D eigenvalue weighted by Gasteiger charge is 2.22. The zero-order valence-corrected chi connectivity index (χ0v) is 13.1. The second kappa shape index (κ2) is 7.44. The van der Waals surface area contributed by atoms with Crippen molar-refractivity contribution in [2.45, 2.75) is 45.6 Å². The molecule has 0 spiro atoms. The molecule has 1 rings (SSSR count). The second-order valence-corrected chi connectivity index (χ2v) is 6.29. The van der Waals surface area contributed by atoms with Gasteiger partial charge in [0, 0.05) is 19.5 Å². The molecular weight excluding hydrogens is 250 g/mol. The van der Waals surface area contributed by atoms with Gasteiger partial charge in [0.15, 0.2) is 0 Å². The first-order chi connectivity index (χ1) is 9.29. The van der Waals surface area contributed by atoms with E-state index in [1.165, 1.54) is 5.56 Å². The van der Waals surface area contributed by atoms with E-state index in [0.717, 1.165) is 19.3 Å². The van der Waals surface area contributed by atoms with Gasteiger partial charge in [0.05, 0.1) is 5.60 Å². The lowest BCUT2D eigenvalue weighted by Gasteiger charge is -2.27. The van der Waals surface area contributed by atoms with Crippen LogP contribution in [0.5, 0.6) is 0 Å². The minimum absolute atomic E-state index is 0.00561. The van der Waals surface area contributed by atoms with Crippen LogP contribution in [0.2, 0.25) is 0 Å². The molecule has 0 aliphatic heterocycles. The fourth-order valence-corrected chi connectivity index (χ4v) is 2.42. The van der Waals surface area contributed by atoms with Gasteiger partial charge in [0.25, 0.3) is 0 Å². The van der Waals surface area contributed by atoms with E-state index in [4.69, 9.17) is 0 Å². The van der Waals surface area contributed by atoms with E-state index < -0.39 is 5.60 Å². The molecule has 1 unspecified atom stereocenters. The molecule has 0 fully saturated rings. The topological polar surface area (TPSA) is 40.5 Å². The van der Waals surface area contributed by atoms with E-state index >= 15 is 0 Å². The van der Waals surface area contributed by atoms with E-state index in [9.17, 15) is 9.90 Å². The van der Waals surface area contributed by atoms with Crippen LogP contribution in [0, 0.1) is 5.92 Å². The monoisotopic (exact) mass is 277 g/mol. The number of carbonyl (C=O) groups excluding carboxylic acids is 1. The fraction of sp³-hybridized carbons (Fsp3) is 0.588. The minimum atomic E-state index is -0.839. The number of benzene rings is 1. The van der Waals surface area contributed by atoms with Crippen molar-refractivity contribution in [3.05, 3.63) is 35.9 Å². The molecule has 3 heteroatoms. The summed E-state index contributed by atoms with van der Waals surface area (Å²) in [5.74, 6) is 0.117. The largest absolute Gasteiger partial charge is 0.389 e. The number of hydrogen-bond acceptors (Lipinski definition) is 2. The molecule has 0 aromatic heterocycles. The summed E-state index contributed by atoms with van der Waals surface area (Å²) in [7, 11) is 1.76. The first kappa shape index (κ1) is 16.7. The predicted molar refractivity (Wildman–Crippen MR) is 82.5 cm³/mol. The molecule has 0 radical (unpaired) electrons. The van der Waals surface area contributed by atoms with Crippen LogP contribution in [0.15, 0.2) is 30.3 Å². The summed E-state index contributed by atoms with van der Waals surface area (Å²) < 4.78 is 0. The van der Waals surface area contributed by atoms with Crippen LogP contribution in [0.25, 0.3) is 0 Å². The Hall–Kier alpha value is -1.35. The van der Waals surface area contributed by atoms with Crippen molar-refractivity contribution in [3.8, 4) is 0 Å². The number of amides is 1. The van der Waals surface area contributed by atoms with Gasteiger partial charge in [0.2, 0.25) is 5.91 Å². The Morgan fingerprint density at radius 3 is 2.45 bits per heavy atom. The maximum Gasteiger partial charge on any atom is 0.225 e. The van der Waals surface area contributed by atoms with Gasteiger partial charge >= 0.3 is 0 Å². The van der Waals surface area contributed by atoms with Crippen molar-refractivity contribution in [1.29, 1.82) is 0 Å². The van der Waals surface area contributed by atoms with E-state index in [1.807, 2.05) is 25.1 Å². The molecule has 1 N–H and O–H groups in total. The third-order valence-corrected chi connectivity index (χ3v) is 3.37. The number of likely N-dealkylation sites (N-methyl/N-ethyl adjacent to an activating group) is 1. The van der Waals surface area contributed by atoms with Crippen LogP contribution in [-0.2, 0) is 11.2 Å². The molecule has 0 saturated carbocycles. The molecule has 20 heavy (non-hydrogen) atoms. The summed E-state index contributed by atoms with van der Waals surface area (Å²) in [6.45, 7) is 5.77. The van der Waals surface area contributed by atoms with Crippen LogP contribution in [0.1, 0.15) is 39.2 Å². The minimum Gasteiger partial charge on any atom is -0.389 e. The zero-order chi connectivity index (χ0) is 15.2. The molecule has 1 aromatic rings. The van der Waals surface area contributed by atoms with Crippen LogP contribution in [-0.4, -0.2) is 35.1 Å². The molecule has 112 valence electrons. The van der Waals surface area contributed by atoms with Gasteiger partial charge in [-0.05, 0) is 38.7 Å². The highest BCUT2D eigenvalue weighted by atomic mass is 16.3. The molecule has 0 bridgehead atoms. The number of carbonyl (C=O) groups is 1. The summed E-state index contributed by atoms with van der Waals surface area (Å²) in [4.78, 5) is 13.8. The van der Waals surface area contributed by atoms with Gasteiger partial charge in [-0.25, -0.2) is 0 Å². The Morgan fingerprint density at radius 1 is 1.30 bits per heavy atom. The third kappa shape index (κ3) is 6.20. The third-order valence-electron chi connectivity index (χ3n) is 3.37. The Morgan fingerprint density at radius 2 is 1.90 bits per heavy atom. The number of nitrogens with zero attached hydrogens (tertiary/aromatic N) is 1. The van der Waals surface area contributed by atoms with E-state index in [1.54, 1.807) is 25.8 Å². The summed E-state index contributed by atoms with van der Waals surface area (Å²) >= 11 is 0. The number of aliphatic hydroxyl groups is 1. The van der Waals surface area contributed by atoms with Crippen molar-refractivity contribution in [3.63, 3.8) is 0 Å². The SMILES string of the molecule is CC(CCCc1ccccc1)C(=O)N(C)CC(C)(C)O. The van der Waals surface area contributed by atoms with E-state index in [0.29, 0.717) is 6.54 Å². The fourth-order valence-electron chi connectivity index (χ4n) is 2.42. The highest BCUT2D eigenvalue weighted by molar-refractivity contribution is 5.78. The van der Waals surface area contributed by atoms with Crippen LogP contribution >= 0.6 is 0 Å². The summed E-state index contributed by atoms with van der Waals surface area (Å²) in [5, 5.41) is 9.75. The van der Waals surface area contributed by atoms with Crippen LogP contribution in [0.4, 0.5) is 0 Å². The quantitative estimate of drug-likeness (QED) is 0.832. The molecule has 0 aliphatic rings. The van der Waals surface area contributed by atoms with Gasteiger partial charge in [-0.2, -0.15) is 0 Å². The zero-order valence-electron chi connectivity index (χ0n) is 13.1. The van der Waals surface area contributed by atoms with Crippen molar-refractivity contribution in [2.75, 3.05) is 13.6 Å². The average Bonchev–Trinajstić information content (AvgIpc) is 2.37. The van der Waals surface area contributed by atoms with E-state index in [2.05, 4.69) is 12.1 Å². The molecule has 0 heterocycles. The van der Waals surface area contributed by atoms with Crippen molar-refractivity contribution in [2.24, 2.45) is 5.92 Å². The van der Waals surface area contributed by atoms with Gasteiger partial charge < -0.3 is 10.0 Å². The number of rotatable bonds is 7. The molecule has 1 amide bonds. The summed E-state index contributed by atoms with van der Waals surface area (Å²) in [6, 6.07) is 10.3. The van der Waals surface area contributed by atoms with Crippen molar-refractivity contribution < 1.29 is 9.90 Å². The number of hydrogen-bond donors (Lipinski definition) is 1. The second-order valence-electron chi connectivity index (χ2n) is 6.29. The first-order valence-electron chi connectivity index (χ1n) is 7.31. The first-order valence-corrected chi connectivity index (χ1v) is 7.31. The normalized spacial score (nSPS) is 13.1. The summed E-state index contributed by atoms with van der Waals surface area (Å²) in [5.41, 5.74) is 0.478. The Bertz CT molecular complexity index is 409. The predicted octanol–water partition coefficient (Wildman–Crippen LogP) is 2.87. The van der Waals surface area contributed by atoms with Crippen molar-refractivity contribution >= 4 is 5.91 Å². The van der Waals surface area contributed by atoms with Gasteiger partial charge in [-0.3, -0.25) is 4.79 Å². The number of aryl methyl sites for hydroxylation is 1. The molecule has 1 aromatic carbocycles. The van der Waals surface area contributed by atoms with Crippen LogP contribution < -0.4 is 0 Å². The average molecular weight is 277 g/mol. The molecule has 0 saturated heterocycles. The van der Waals surface area contributed by atoms with E-state index in [-0.39, 0.29) is 11.8 Å². The smallest absolute Gasteiger partial charge is 0.225 e. The lowest BCUT2D eigenvalue weighted by atomic mass is 9.99. The Balaban J connectivity index is 2.35. The summed E-state index contributed by atoms with van der Waals surface area (Å²) in [6.07, 6.45) is 2.89. The van der Waals surface area contributed by atoms with Crippen molar-refractivity contribution in [1.82, 2.24) is 4.90 Å². The van der Waals surface area contributed by atoms with Crippen LogP contribution in [0.3, 0.4) is 0 Å². The van der Waals surface area contributed by atoms with Gasteiger partial charge in [-0.1, -0.05) is 37.3 Å². The molecule has 0 aliphatic carbocycles. The Kier molecular flexibility index (Phi) is 6.21. The maximum atomic E-state index is 12.2. The lowest BCUT2D eigenvalue weighted by Crippen LogP contribution is -2.41. The van der Waals surface area contributed by atoms with Gasteiger partial charge in [0.1, 0.15) is 0 Å². The Labute approximate surface area is 122 Å². The highest BCUT2D eigenvalue weighted by Crippen LogP contribution is 2.14.